The van der Waals surface area contributed by atoms with Crippen molar-refractivity contribution in [1.29, 1.82) is 0 Å². The summed E-state index contributed by atoms with van der Waals surface area (Å²) in [5.41, 5.74) is 2.02. The third-order valence-corrected chi connectivity index (χ3v) is 5.82. The smallest absolute Gasteiger partial charge is 0.266 e. The Balaban J connectivity index is 1.50. The lowest BCUT2D eigenvalue weighted by atomic mass is 10.2. The molecule has 0 radical (unpaired) electrons. The summed E-state index contributed by atoms with van der Waals surface area (Å²) in [5.74, 6) is 1.91. The lowest BCUT2D eigenvalue weighted by molar-refractivity contribution is 0.390. The number of nitrogens with zero attached hydrogens (tertiary/aromatic N) is 4. The Hall–Kier alpha value is -3.91. The molecule has 2 aromatic heterocycles. The van der Waals surface area contributed by atoms with E-state index in [0.29, 0.717) is 39.3 Å². The topological polar surface area (TPSA) is 83.0 Å². The highest BCUT2D eigenvalue weighted by Crippen LogP contribution is 2.29. The van der Waals surface area contributed by atoms with Crippen LogP contribution < -0.4 is 10.3 Å². The molecule has 0 aliphatic carbocycles. The number of benzene rings is 3. The van der Waals surface area contributed by atoms with E-state index in [4.69, 9.17) is 14.2 Å². The molecule has 158 valence electrons. The maximum absolute atomic E-state index is 13.3. The summed E-state index contributed by atoms with van der Waals surface area (Å²) in [7, 11) is 1.60. The summed E-state index contributed by atoms with van der Waals surface area (Å²) in [6.07, 6.45) is 0. The minimum atomic E-state index is -0.121. The second-order valence-electron chi connectivity index (χ2n) is 6.89. The number of fused-ring (bicyclic) bond motifs is 1. The molecule has 32 heavy (non-hydrogen) atoms. The Labute approximate surface area is 187 Å². The van der Waals surface area contributed by atoms with Gasteiger partial charge in [0.25, 0.3) is 5.56 Å². The molecule has 3 aromatic carbocycles. The highest BCUT2D eigenvalue weighted by atomic mass is 32.2. The number of ether oxygens (including phenoxy) is 1. The van der Waals surface area contributed by atoms with Gasteiger partial charge in [-0.3, -0.25) is 9.36 Å². The van der Waals surface area contributed by atoms with Crippen molar-refractivity contribution in [2.75, 3.05) is 7.11 Å². The molecule has 0 unspecified atom stereocenters. The van der Waals surface area contributed by atoms with Crippen LogP contribution in [0.4, 0.5) is 0 Å². The molecule has 0 atom stereocenters. The molecule has 2 heterocycles. The zero-order valence-electron chi connectivity index (χ0n) is 17.1. The maximum atomic E-state index is 13.3. The Kier molecular flexibility index (Phi) is 5.43. The quantitative estimate of drug-likeness (QED) is 0.277. The fourth-order valence-electron chi connectivity index (χ4n) is 3.39. The van der Waals surface area contributed by atoms with E-state index in [0.717, 1.165) is 11.3 Å². The molecule has 0 saturated carbocycles. The Morgan fingerprint density at radius 2 is 1.69 bits per heavy atom. The Morgan fingerprint density at radius 3 is 2.53 bits per heavy atom. The minimum absolute atomic E-state index is 0.121. The standard InChI is InChI=1S/C24H18N4O3S/c1-30-20-14-8-6-12-18(20)22-26-21(31-27-22)15-32-24-25-19-13-7-5-11-17(19)23(29)28(24)16-9-3-2-4-10-16/h2-14H,15H2,1H3. The third kappa shape index (κ3) is 3.76. The molecule has 0 aliphatic rings. The molecule has 5 aromatic rings. The van der Waals surface area contributed by atoms with Crippen molar-refractivity contribution in [3.8, 4) is 22.8 Å². The van der Waals surface area contributed by atoms with Gasteiger partial charge in [-0.2, -0.15) is 4.98 Å². The van der Waals surface area contributed by atoms with Crippen LogP contribution in [0.5, 0.6) is 5.75 Å². The van der Waals surface area contributed by atoms with Gasteiger partial charge in [-0.15, -0.1) is 0 Å². The molecule has 8 heteroatoms. The lowest BCUT2D eigenvalue weighted by Gasteiger charge is -2.12. The van der Waals surface area contributed by atoms with Crippen LogP contribution in [0.25, 0.3) is 28.0 Å². The molecule has 0 aliphatic heterocycles. The number of hydrogen-bond acceptors (Lipinski definition) is 7. The van der Waals surface area contributed by atoms with Gasteiger partial charge in [-0.1, -0.05) is 59.4 Å². The van der Waals surface area contributed by atoms with Gasteiger partial charge >= 0.3 is 0 Å². The number of aromatic nitrogens is 4. The van der Waals surface area contributed by atoms with Crippen LogP contribution in [0.15, 0.2) is 93.3 Å². The minimum Gasteiger partial charge on any atom is -0.496 e. The molecule has 0 amide bonds. The predicted octanol–water partition coefficient (Wildman–Crippen LogP) is 4.74. The fourth-order valence-corrected chi connectivity index (χ4v) is 4.24. The number of rotatable bonds is 6. The van der Waals surface area contributed by atoms with Gasteiger partial charge in [-0.05, 0) is 36.4 Å². The van der Waals surface area contributed by atoms with E-state index in [1.165, 1.54) is 11.8 Å². The molecular formula is C24H18N4O3S. The number of hydrogen-bond donors (Lipinski definition) is 0. The van der Waals surface area contributed by atoms with E-state index >= 15 is 0 Å². The average molecular weight is 443 g/mol. The van der Waals surface area contributed by atoms with Gasteiger partial charge in [0, 0.05) is 0 Å². The van der Waals surface area contributed by atoms with E-state index in [1.54, 1.807) is 17.7 Å². The molecule has 0 N–H and O–H groups in total. The van der Waals surface area contributed by atoms with Gasteiger partial charge < -0.3 is 9.26 Å². The molecule has 0 spiro atoms. The van der Waals surface area contributed by atoms with Gasteiger partial charge in [0.05, 0.1) is 35.0 Å². The predicted molar refractivity (Wildman–Crippen MR) is 123 cm³/mol. The summed E-state index contributed by atoms with van der Waals surface area (Å²) in [4.78, 5) is 22.5. The van der Waals surface area contributed by atoms with Gasteiger partial charge in [0.15, 0.2) is 5.16 Å². The lowest BCUT2D eigenvalue weighted by Crippen LogP contribution is -2.21. The van der Waals surface area contributed by atoms with Crippen LogP contribution >= 0.6 is 11.8 Å². The van der Waals surface area contributed by atoms with E-state index in [9.17, 15) is 4.79 Å². The largest absolute Gasteiger partial charge is 0.496 e. The number of thioether (sulfide) groups is 1. The monoisotopic (exact) mass is 442 g/mol. The van der Waals surface area contributed by atoms with Crippen LogP contribution in [0.1, 0.15) is 5.89 Å². The Bertz CT molecular complexity index is 1450. The van der Waals surface area contributed by atoms with Gasteiger partial charge in [-0.25, -0.2) is 4.98 Å². The van der Waals surface area contributed by atoms with E-state index < -0.39 is 0 Å². The zero-order chi connectivity index (χ0) is 21.9. The Morgan fingerprint density at radius 1 is 0.938 bits per heavy atom. The van der Waals surface area contributed by atoms with Crippen molar-refractivity contribution in [3.63, 3.8) is 0 Å². The first-order valence-electron chi connectivity index (χ1n) is 9.90. The molecule has 5 rings (SSSR count). The molecule has 0 bridgehead atoms. The molecule has 0 fully saturated rings. The number of para-hydroxylation sites is 3. The third-order valence-electron chi connectivity index (χ3n) is 4.90. The van der Waals surface area contributed by atoms with Crippen molar-refractivity contribution in [1.82, 2.24) is 19.7 Å². The van der Waals surface area contributed by atoms with Crippen molar-refractivity contribution in [2.45, 2.75) is 10.9 Å². The van der Waals surface area contributed by atoms with Crippen molar-refractivity contribution >= 4 is 22.7 Å². The summed E-state index contributed by atoms with van der Waals surface area (Å²) >= 11 is 1.37. The maximum Gasteiger partial charge on any atom is 0.266 e. The summed E-state index contributed by atoms with van der Waals surface area (Å²) in [5, 5.41) is 5.21. The molecule has 0 saturated heterocycles. The van der Waals surface area contributed by atoms with Crippen LogP contribution in [0.2, 0.25) is 0 Å². The normalized spacial score (nSPS) is 11.0. The highest BCUT2D eigenvalue weighted by Gasteiger charge is 2.16. The van der Waals surface area contributed by atoms with Crippen molar-refractivity contribution in [2.24, 2.45) is 0 Å². The molecule has 7 nitrogen and oxygen atoms in total. The van der Waals surface area contributed by atoms with E-state index in [2.05, 4.69) is 10.1 Å². The van der Waals surface area contributed by atoms with E-state index in [1.807, 2.05) is 72.8 Å². The van der Waals surface area contributed by atoms with Crippen molar-refractivity contribution < 1.29 is 9.26 Å². The van der Waals surface area contributed by atoms with Crippen LogP contribution in [-0.2, 0) is 5.75 Å². The zero-order valence-corrected chi connectivity index (χ0v) is 18.0. The highest BCUT2D eigenvalue weighted by molar-refractivity contribution is 7.98. The first-order valence-corrected chi connectivity index (χ1v) is 10.9. The average Bonchev–Trinajstić information content (AvgIpc) is 3.32. The summed E-state index contributed by atoms with van der Waals surface area (Å²) in [6, 6.07) is 24.3. The second-order valence-corrected chi connectivity index (χ2v) is 7.83. The van der Waals surface area contributed by atoms with Crippen LogP contribution in [-0.4, -0.2) is 26.8 Å². The number of methoxy groups -OCH3 is 1. The fraction of sp³-hybridized carbons (Fsp3) is 0.0833. The van der Waals surface area contributed by atoms with Gasteiger partial charge in [0.1, 0.15) is 5.75 Å². The van der Waals surface area contributed by atoms with Crippen LogP contribution in [0, 0.1) is 0 Å². The first-order chi connectivity index (χ1) is 15.7. The summed E-state index contributed by atoms with van der Waals surface area (Å²) < 4.78 is 12.4. The van der Waals surface area contributed by atoms with Gasteiger partial charge in [0.2, 0.25) is 11.7 Å². The SMILES string of the molecule is COc1ccccc1-c1noc(CSc2nc3ccccc3c(=O)n2-c2ccccc2)n1. The molecular weight excluding hydrogens is 424 g/mol. The van der Waals surface area contributed by atoms with Crippen LogP contribution in [0.3, 0.4) is 0 Å². The second kappa shape index (κ2) is 8.68. The van der Waals surface area contributed by atoms with E-state index in [-0.39, 0.29) is 5.56 Å². The van der Waals surface area contributed by atoms with Crippen molar-refractivity contribution in [3.05, 3.63) is 95.1 Å². The summed E-state index contributed by atoms with van der Waals surface area (Å²) in [6.45, 7) is 0. The first kappa shape index (κ1) is 20.0.